The highest BCUT2D eigenvalue weighted by Crippen LogP contribution is 2.48. The Labute approximate surface area is 283 Å². The maximum atomic E-state index is 4.53. The van der Waals surface area contributed by atoms with Gasteiger partial charge >= 0.3 is 0 Å². The third kappa shape index (κ3) is 3.67. The summed E-state index contributed by atoms with van der Waals surface area (Å²) < 4.78 is 5.31. The summed E-state index contributed by atoms with van der Waals surface area (Å²) >= 11 is 3.80. The van der Waals surface area contributed by atoms with Crippen molar-refractivity contribution in [2.75, 3.05) is 0 Å². The van der Waals surface area contributed by atoms with Crippen LogP contribution in [0.3, 0.4) is 0 Å². The molecule has 0 saturated heterocycles. The summed E-state index contributed by atoms with van der Waals surface area (Å²) in [7, 11) is 0. The van der Waals surface area contributed by atoms with E-state index in [4.69, 9.17) is 0 Å². The van der Waals surface area contributed by atoms with Gasteiger partial charge in [0.1, 0.15) is 0 Å². The Morgan fingerprint density at radius 1 is 0.375 bits per heavy atom. The molecule has 0 aliphatic heterocycles. The lowest BCUT2D eigenvalue weighted by Crippen LogP contribution is -1.89. The molecule has 0 radical (unpaired) electrons. The summed E-state index contributed by atoms with van der Waals surface area (Å²) in [5.74, 6) is 0. The van der Waals surface area contributed by atoms with Crippen LogP contribution in [0, 0.1) is 0 Å². The summed E-state index contributed by atoms with van der Waals surface area (Å²) in [5, 5.41) is 15.5. The van der Waals surface area contributed by atoms with Gasteiger partial charge in [-0.25, -0.2) is 0 Å². The number of thiophene rings is 2. The fourth-order valence-corrected chi connectivity index (χ4v) is 10.4. The molecular formula is C44H24N2S2. The molecule has 4 heteroatoms. The fraction of sp³-hybridized carbons (Fsp3) is 0. The molecule has 0 unspecified atom stereocenters. The molecule has 0 aliphatic rings. The fourth-order valence-electron chi connectivity index (χ4n) is 7.85. The number of aromatic nitrogens is 2. The van der Waals surface area contributed by atoms with Crippen molar-refractivity contribution in [1.29, 1.82) is 0 Å². The summed E-state index contributed by atoms with van der Waals surface area (Å²) in [6.07, 6.45) is 7.69. The normalized spacial score (nSPS) is 12.2. The van der Waals surface area contributed by atoms with Crippen LogP contribution in [0.4, 0.5) is 0 Å². The Morgan fingerprint density at radius 3 is 1.29 bits per heavy atom. The zero-order valence-corrected chi connectivity index (χ0v) is 27.2. The quantitative estimate of drug-likeness (QED) is 0.138. The number of hydrogen-bond acceptors (Lipinski definition) is 4. The van der Waals surface area contributed by atoms with Crippen molar-refractivity contribution in [3.05, 3.63) is 146 Å². The van der Waals surface area contributed by atoms with Gasteiger partial charge in [-0.3, -0.25) is 9.97 Å². The van der Waals surface area contributed by atoms with Crippen LogP contribution in [-0.2, 0) is 0 Å². The lowest BCUT2D eigenvalue weighted by Gasteiger charge is -2.16. The molecule has 0 saturated carbocycles. The molecule has 0 N–H and O–H groups in total. The molecule has 0 spiro atoms. The van der Waals surface area contributed by atoms with Crippen molar-refractivity contribution < 1.29 is 0 Å². The third-order valence-electron chi connectivity index (χ3n) is 9.98. The number of nitrogens with zero attached hydrogens (tertiary/aromatic N) is 2. The van der Waals surface area contributed by atoms with Gasteiger partial charge < -0.3 is 0 Å². The standard InChI is InChI=1S/C44H24N2S2/c1-3-11-39-29(9-1)33-15-13-31-35(25-7-5-17-45-23-25)19-27-22-38-28(21-37(27)41(31)43(33)47-39)20-36(26-8-6-18-46-24-26)32-14-16-34-30-10-2-4-12-40(30)48-44(34)42(32)38/h1-24H. The molecule has 4 aromatic heterocycles. The number of rotatable bonds is 2. The van der Waals surface area contributed by atoms with Gasteiger partial charge in [-0.2, -0.15) is 0 Å². The lowest BCUT2D eigenvalue weighted by atomic mass is 9.88. The van der Waals surface area contributed by atoms with E-state index in [1.165, 1.54) is 94.6 Å². The molecule has 11 rings (SSSR count). The Morgan fingerprint density at radius 2 is 0.833 bits per heavy atom. The van der Waals surface area contributed by atoms with Crippen LogP contribution in [0.25, 0.3) is 106 Å². The number of pyridine rings is 2. The average molecular weight is 645 g/mol. The highest BCUT2D eigenvalue weighted by atomic mass is 32.1. The number of hydrogen-bond donors (Lipinski definition) is 0. The van der Waals surface area contributed by atoms with Crippen LogP contribution >= 0.6 is 22.7 Å². The molecule has 11 aromatic rings. The smallest absolute Gasteiger partial charge is 0.0440 e. The van der Waals surface area contributed by atoms with E-state index in [2.05, 4.69) is 119 Å². The molecule has 48 heavy (non-hydrogen) atoms. The Balaban J connectivity index is 1.37. The molecule has 222 valence electrons. The van der Waals surface area contributed by atoms with E-state index < -0.39 is 0 Å². The van der Waals surface area contributed by atoms with Crippen LogP contribution in [0.15, 0.2) is 146 Å². The van der Waals surface area contributed by atoms with Crippen LogP contribution in [0.5, 0.6) is 0 Å². The highest BCUT2D eigenvalue weighted by Gasteiger charge is 2.19. The Kier molecular flexibility index (Phi) is 5.45. The largest absolute Gasteiger partial charge is 0.264 e. The first-order chi connectivity index (χ1) is 23.8. The molecule has 2 nitrogen and oxygen atoms in total. The van der Waals surface area contributed by atoms with E-state index in [-0.39, 0.29) is 0 Å². The molecule has 0 fully saturated rings. The molecule has 7 aromatic carbocycles. The van der Waals surface area contributed by atoms with Crippen LogP contribution < -0.4 is 0 Å². The first-order valence-electron chi connectivity index (χ1n) is 16.1. The molecule has 0 bridgehead atoms. The molecule has 4 heterocycles. The maximum Gasteiger partial charge on any atom is 0.0440 e. The van der Waals surface area contributed by atoms with E-state index in [0.29, 0.717) is 0 Å². The van der Waals surface area contributed by atoms with Crippen molar-refractivity contribution in [2.24, 2.45) is 0 Å². The van der Waals surface area contributed by atoms with E-state index in [0.717, 1.165) is 11.1 Å². The minimum atomic E-state index is 1.13. The monoisotopic (exact) mass is 644 g/mol. The predicted molar refractivity (Wildman–Crippen MR) is 209 cm³/mol. The summed E-state index contributed by atoms with van der Waals surface area (Å²) in [6.45, 7) is 0. The van der Waals surface area contributed by atoms with Gasteiger partial charge in [-0.15, -0.1) is 22.7 Å². The van der Waals surface area contributed by atoms with Crippen molar-refractivity contribution in [2.45, 2.75) is 0 Å². The second kappa shape index (κ2) is 9.91. The van der Waals surface area contributed by atoms with Crippen molar-refractivity contribution in [1.82, 2.24) is 9.97 Å². The Hall–Kier alpha value is -5.68. The second-order valence-electron chi connectivity index (χ2n) is 12.6. The first-order valence-corrected chi connectivity index (χ1v) is 17.8. The maximum absolute atomic E-state index is 4.53. The van der Waals surface area contributed by atoms with Gasteiger partial charge in [-0.1, -0.05) is 72.8 Å². The van der Waals surface area contributed by atoms with E-state index >= 15 is 0 Å². The van der Waals surface area contributed by atoms with Crippen molar-refractivity contribution >= 4 is 106 Å². The average Bonchev–Trinajstić information content (AvgIpc) is 3.72. The first kappa shape index (κ1) is 26.4. The number of benzene rings is 7. The minimum Gasteiger partial charge on any atom is -0.264 e. The molecule has 0 aliphatic carbocycles. The van der Waals surface area contributed by atoms with Crippen molar-refractivity contribution in [3.63, 3.8) is 0 Å². The van der Waals surface area contributed by atoms with Crippen LogP contribution in [-0.4, -0.2) is 9.97 Å². The molecular weight excluding hydrogens is 621 g/mol. The van der Waals surface area contributed by atoms with Gasteiger partial charge in [-0.05, 0) is 92.0 Å². The molecule has 0 atom stereocenters. The van der Waals surface area contributed by atoms with E-state index in [9.17, 15) is 0 Å². The van der Waals surface area contributed by atoms with Gasteiger partial charge in [0.2, 0.25) is 0 Å². The SMILES string of the molecule is c1cncc(-c2cc3cc4c(cc(-c5cccnc5)c5ccc6c7ccccc7sc6c54)cc3c3c2ccc2c4ccccc4sc23)c1. The summed E-state index contributed by atoms with van der Waals surface area (Å²) in [4.78, 5) is 9.06. The van der Waals surface area contributed by atoms with Gasteiger partial charge in [0.25, 0.3) is 0 Å². The Bertz CT molecular complexity index is 2890. The molecule has 0 amide bonds. The van der Waals surface area contributed by atoms with E-state index in [1.54, 1.807) is 0 Å². The zero-order valence-electron chi connectivity index (χ0n) is 25.6. The highest BCUT2D eigenvalue weighted by molar-refractivity contribution is 7.27. The second-order valence-corrected chi connectivity index (χ2v) is 14.7. The van der Waals surface area contributed by atoms with Gasteiger partial charge in [0.05, 0.1) is 0 Å². The minimum absolute atomic E-state index is 1.13. The van der Waals surface area contributed by atoms with Gasteiger partial charge in [0, 0.05) is 87.0 Å². The van der Waals surface area contributed by atoms with Gasteiger partial charge in [0.15, 0.2) is 0 Å². The topological polar surface area (TPSA) is 25.8 Å². The number of fused-ring (bicyclic) bond motifs is 14. The lowest BCUT2D eigenvalue weighted by molar-refractivity contribution is 1.33. The van der Waals surface area contributed by atoms with Crippen molar-refractivity contribution in [3.8, 4) is 22.3 Å². The zero-order chi connectivity index (χ0) is 31.3. The van der Waals surface area contributed by atoms with Crippen LogP contribution in [0.2, 0.25) is 0 Å². The van der Waals surface area contributed by atoms with Crippen LogP contribution in [0.1, 0.15) is 0 Å². The van der Waals surface area contributed by atoms with E-state index in [1.807, 2.05) is 59.6 Å². The summed E-state index contributed by atoms with van der Waals surface area (Å²) in [6, 6.07) is 45.0. The summed E-state index contributed by atoms with van der Waals surface area (Å²) in [5.41, 5.74) is 4.70. The predicted octanol–water partition coefficient (Wildman–Crippen LogP) is 13.2. The third-order valence-corrected chi connectivity index (χ3v) is 12.4.